The first-order valence-corrected chi connectivity index (χ1v) is 6.98. The Morgan fingerprint density at radius 2 is 2.05 bits per heavy atom. The number of rotatable bonds is 4. The molecule has 0 aliphatic carbocycles. The molecule has 3 rings (SSSR count). The number of aryl methyl sites for hydroxylation is 1. The molecule has 3 aromatic rings. The maximum atomic E-state index is 9.21. The Hall–Kier alpha value is -2.60. The highest BCUT2D eigenvalue weighted by Gasteiger charge is 2.13. The van der Waals surface area contributed by atoms with Gasteiger partial charge in [0.25, 0.3) is 0 Å². The second kappa shape index (κ2) is 5.65. The Balaban J connectivity index is 2.07. The van der Waals surface area contributed by atoms with Crippen LogP contribution in [0, 0.1) is 6.92 Å². The smallest absolute Gasteiger partial charge is 0.201 e. The molecule has 0 atom stereocenters. The van der Waals surface area contributed by atoms with Gasteiger partial charge in [-0.25, -0.2) is 4.98 Å². The van der Waals surface area contributed by atoms with E-state index in [1.807, 2.05) is 41.8 Å². The molecule has 2 heterocycles. The summed E-state index contributed by atoms with van der Waals surface area (Å²) in [6.07, 6.45) is 0. The lowest BCUT2D eigenvalue weighted by Gasteiger charge is -2.11. The van der Waals surface area contributed by atoms with Gasteiger partial charge in [0.15, 0.2) is 0 Å². The van der Waals surface area contributed by atoms with Gasteiger partial charge in [-0.15, -0.1) is 0 Å². The summed E-state index contributed by atoms with van der Waals surface area (Å²) in [5.41, 5.74) is 10.2. The monoisotopic (exact) mass is 298 g/mol. The average Bonchev–Trinajstić information content (AvgIpc) is 2.82. The Morgan fingerprint density at radius 1 is 1.23 bits per heavy atom. The molecule has 6 heteroatoms. The first-order valence-electron chi connectivity index (χ1n) is 6.98. The molecule has 2 aromatic heterocycles. The van der Waals surface area contributed by atoms with E-state index in [1.54, 1.807) is 7.11 Å². The first kappa shape index (κ1) is 14.3. The van der Waals surface area contributed by atoms with Crippen LogP contribution in [0.15, 0.2) is 30.3 Å². The second-order valence-electron chi connectivity index (χ2n) is 5.14. The maximum absolute atomic E-state index is 9.21. The maximum Gasteiger partial charge on any atom is 0.201 e. The van der Waals surface area contributed by atoms with Crippen LogP contribution in [0.1, 0.15) is 17.0 Å². The van der Waals surface area contributed by atoms with E-state index in [-0.39, 0.29) is 6.61 Å². The van der Waals surface area contributed by atoms with Crippen LogP contribution >= 0.6 is 0 Å². The van der Waals surface area contributed by atoms with Crippen LogP contribution < -0.4 is 10.5 Å². The summed E-state index contributed by atoms with van der Waals surface area (Å²) in [5.74, 6) is 1.13. The highest BCUT2D eigenvalue weighted by molar-refractivity contribution is 5.79. The van der Waals surface area contributed by atoms with E-state index < -0.39 is 0 Å². The molecule has 1 aromatic carbocycles. The van der Waals surface area contributed by atoms with Gasteiger partial charge in [0.1, 0.15) is 11.4 Å². The van der Waals surface area contributed by atoms with Crippen molar-refractivity contribution in [3.8, 4) is 5.75 Å². The fourth-order valence-corrected chi connectivity index (χ4v) is 2.51. The van der Waals surface area contributed by atoms with Gasteiger partial charge >= 0.3 is 0 Å². The molecule has 0 saturated heterocycles. The summed E-state index contributed by atoms with van der Waals surface area (Å²) in [4.78, 5) is 8.89. The van der Waals surface area contributed by atoms with Gasteiger partial charge < -0.3 is 20.1 Å². The predicted molar refractivity (Wildman–Crippen MR) is 84.7 cm³/mol. The van der Waals surface area contributed by atoms with Crippen molar-refractivity contribution in [3.63, 3.8) is 0 Å². The van der Waals surface area contributed by atoms with E-state index in [0.29, 0.717) is 12.5 Å². The van der Waals surface area contributed by atoms with Gasteiger partial charge in [-0.05, 0) is 36.8 Å². The van der Waals surface area contributed by atoms with Crippen molar-refractivity contribution in [1.29, 1.82) is 0 Å². The molecule has 0 spiro atoms. The quantitative estimate of drug-likeness (QED) is 0.768. The van der Waals surface area contributed by atoms with Crippen molar-refractivity contribution in [1.82, 2.24) is 14.5 Å². The molecule has 0 saturated carbocycles. The molecule has 0 aliphatic heterocycles. The van der Waals surface area contributed by atoms with Crippen LogP contribution in [0.5, 0.6) is 5.75 Å². The minimum absolute atomic E-state index is 0.0179. The van der Waals surface area contributed by atoms with E-state index in [1.165, 1.54) is 0 Å². The lowest BCUT2D eigenvalue weighted by Crippen LogP contribution is -2.08. The number of aliphatic hydroxyl groups excluding tert-OH is 1. The molecular weight excluding hydrogens is 280 g/mol. The molecule has 0 radical (unpaired) electrons. The Labute approximate surface area is 128 Å². The summed E-state index contributed by atoms with van der Waals surface area (Å²) in [6, 6.07) is 9.42. The standard InChI is InChI=1S/C16H18N4O2/c1-10-3-6-15(22-2)13(18-10)8-20-14-5-4-11(9-21)7-12(14)19-16(20)17/h3-7,21H,8-9H2,1-2H3,(H2,17,19). The van der Waals surface area contributed by atoms with E-state index in [4.69, 9.17) is 10.5 Å². The lowest BCUT2D eigenvalue weighted by molar-refractivity contribution is 0.282. The third-order valence-corrected chi connectivity index (χ3v) is 3.62. The van der Waals surface area contributed by atoms with Crippen molar-refractivity contribution < 1.29 is 9.84 Å². The molecule has 0 unspecified atom stereocenters. The minimum atomic E-state index is -0.0179. The van der Waals surface area contributed by atoms with E-state index in [9.17, 15) is 5.11 Å². The number of imidazole rings is 1. The van der Waals surface area contributed by atoms with Crippen molar-refractivity contribution in [3.05, 3.63) is 47.3 Å². The number of ether oxygens (including phenoxy) is 1. The van der Waals surface area contributed by atoms with Crippen molar-refractivity contribution in [2.75, 3.05) is 12.8 Å². The van der Waals surface area contributed by atoms with Crippen LogP contribution in [0.2, 0.25) is 0 Å². The molecule has 0 amide bonds. The molecule has 22 heavy (non-hydrogen) atoms. The summed E-state index contributed by atoms with van der Waals surface area (Å²) in [5, 5.41) is 9.21. The van der Waals surface area contributed by atoms with E-state index in [2.05, 4.69) is 9.97 Å². The average molecular weight is 298 g/mol. The SMILES string of the molecule is COc1ccc(C)nc1Cn1c(N)nc2cc(CO)ccc21. The second-order valence-corrected chi connectivity index (χ2v) is 5.14. The van der Waals surface area contributed by atoms with E-state index in [0.717, 1.165) is 33.7 Å². The number of fused-ring (bicyclic) bond motifs is 1. The van der Waals surface area contributed by atoms with Crippen LogP contribution in [0.25, 0.3) is 11.0 Å². The number of anilines is 1. The van der Waals surface area contributed by atoms with Gasteiger partial charge in [0, 0.05) is 5.69 Å². The topological polar surface area (TPSA) is 86.2 Å². The van der Waals surface area contributed by atoms with Crippen molar-refractivity contribution >= 4 is 17.0 Å². The molecular formula is C16H18N4O2. The normalized spacial score (nSPS) is 11.0. The third-order valence-electron chi connectivity index (χ3n) is 3.62. The van der Waals surface area contributed by atoms with Crippen LogP contribution in [0.4, 0.5) is 5.95 Å². The predicted octanol–water partition coefficient (Wildman–Crippen LogP) is 1.87. The Kier molecular flexibility index (Phi) is 3.68. The number of aromatic nitrogens is 3. The van der Waals surface area contributed by atoms with Gasteiger partial charge in [-0.2, -0.15) is 0 Å². The van der Waals surface area contributed by atoms with Crippen molar-refractivity contribution in [2.45, 2.75) is 20.1 Å². The van der Waals surface area contributed by atoms with Crippen LogP contribution in [-0.4, -0.2) is 26.8 Å². The number of methoxy groups -OCH3 is 1. The molecule has 0 bridgehead atoms. The third kappa shape index (κ3) is 2.48. The molecule has 0 aliphatic rings. The molecule has 0 fully saturated rings. The summed E-state index contributed by atoms with van der Waals surface area (Å²) in [6.45, 7) is 2.40. The molecule has 6 nitrogen and oxygen atoms in total. The number of nitrogen functional groups attached to an aromatic ring is 1. The number of aliphatic hydroxyl groups is 1. The number of nitrogens with zero attached hydrogens (tertiary/aromatic N) is 3. The largest absolute Gasteiger partial charge is 0.495 e. The number of nitrogens with two attached hydrogens (primary N) is 1. The van der Waals surface area contributed by atoms with Crippen LogP contribution in [-0.2, 0) is 13.2 Å². The fourth-order valence-electron chi connectivity index (χ4n) is 2.51. The zero-order chi connectivity index (χ0) is 15.7. The number of benzene rings is 1. The van der Waals surface area contributed by atoms with Gasteiger partial charge in [0.05, 0.1) is 31.3 Å². The van der Waals surface area contributed by atoms with E-state index >= 15 is 0 Å². The fraction of sp³-hybridized carbons (Fsp3) is 0.250. The zero-order valence-electron chi connectivity index (χ0n) is 12.6. The first-order chi connectivity index (χ1) is 10.6. The van der Waals surface area contributed by atoms with Crippen molar-refractivity contribution in [2.24, 2.45) is 0 Å². The number of hydrogen-bond acceptors (Lipinski definition) is 5. The highest BCUT2D eigenvalue weighted by atomic mass is 16.5. The van der Waals surface area contributed by atoms with Gasteiger partial charge in [0.2, 0.25) is 5.95 Å². The molecule has 3 N–H and O–H groups in total. The summed E-state index contributed by atoms with van der Waals surface area (Å²) in [7, 11) is 1.62. The highest BCUT2D eigenvalue weighted by Crippen LogP contribution is 2.24. The Morgan fingerprint density at radius 3 is 2.77 bits per heavy atom. The van der Waals surface area contributed by atoms with Gasteiger partial charge in [-0.1, -0.05) is 6.07 Å². The van der Waals surface area contributed by atoms with Crippen LogP contribution in [0.3, 0.4) is 0 Å². The number of hydrogen-bond donors (Lipinski definition) is 2. The lowest BCUT2D eigenvalue weighted by atomic mass is 10.2. The zero-order valence-corrected chi connectivity index (χ0v) is 12.6. The minimum Gasteiger partial charge on any atom is -0.495 e. The summed E-state index contributed by atoms with van der Waals surface area (Å²) < 4.78 is 7.26. The Bertz CT molecular complexity index is 826. The summed E-state index contributed by atoms with van der Waals surface area (Å²) >= 11 is 0. The van der Waals surface area contributed by atoms with Gasteiger partial charge in [-0.3, -0.25) is 4.98 Å². The number of pyridine rings is 1. The molecule has 114 valence electrons.